The Morgan fingerprint density at radius 1 is 1.23 bits per heavy atom. The van der Waals surface area contributed by atoms with Crippen LogP contribution in [0, 0.1) is 6.92 Å². The molecule has 7 heterocycles. The molecule has 248 valence electrons. The maximum atomic E-state index is 14.7. The number of aryl methyl sites for hydroxylation is 1. The molecule has 0 unspecified atom stereocenters. The Hall–Kier alpha value is -3.66. The summed E-state index contributed by atoms with van der Waals surface area (Å²) < 4.78 is 71.0. The predicted octanol–water partition coefficient (Wildman–Crippen LogP) is 5.65. The van der Waals surface area contributed by atoms with Gasteiger partial charge in [0.05, 0.1) is 58.4 Å². The second kappa shape index (κ2) is 10.9. The fourth-order valence-electron chi connectivity index (χ4n) is 7.70. The summed E-state index contributed by atoms with van der Waals surface area (Å²) in [5, 5.41) is 19.5. The largest absolute Gasteiger partial charge is 0.461 e. The highest BCUT2D eigenvalue weighted by Crippen LogP contribution is 2.48. The Kier molecular flexibility index (Phi) is 7.13. The van der Waals surface area contributed by atoms with E-state index in [9.17, 15) is 22.7 Å². The first-order valence-electron chi connectivity index (χ1n) is 15.6. The van der Waals surface area contributed by atoms with Crippen molar-refractivity contribution < 1.29 is 32.1 Å². The number of benzene rings is 1. The lowest BCUT2D eigenvalue weighted by molar-refractivity contribution is -0.137. The smallest absolute Gasteiger partial charge is 0.417 e. The maximum Gasteiger partial charge on any atom is 0.417 e. The van der Waals surface area contributed by atoms with E-state index >= 15 is 0 Å². The monoisotopic (exact) mass is 671 g/mol. The van der Waals surface area contributed by atoms with Gasteiger partial charge >= 0.3 is 12.2 Å². The lowest BCUT2D eigenvalue weighted by atomic mass is 9.94. The third-order valence-corrected chi connectivity index (χ3v) is 10.8. The highest BCUT2D eigenvalue weighted by atomic mass is 32.1. The van der Waals surface area contributed by atoms with E-state index in [2.05, 4.69) is 20.1 Å². The van der Waals surface area contributed by atoms with E-state index < -0.39 is 29.1 Å². The Morgan fingerprint density at radius 3 is 2.91 bits per heavy atom. The van der Waals surface area contributed by atoms with Gasteiger partial charge in [-0.05, 0) is 50.9 Å². The van der Waals surface area contributed by atoms with Crippen molar-refractivity contribution in [2.75, 3.05) is 50.9 Å². The van der Waals surface area contributed by atoms with Crippen molar-refractivity contribution in [3.63, 3.8) is 0 Å². The minimum atomic E-state index is -4.65. The Balaban J connectivity index is 1.33. The second-order valence-corrected chi connectivity index (χ2v) is 14.3. The molecule has 1 aromatic carbocycles. The van der Waals surface area contributed by atoms with E-state index in [4.69, 9.17) is 19.4 Å². The van der Waals surface area contributed by atoms with Gasteiger partial charge < -0.3 is 19.5 Å². The zero-order valence-corrected chi connectivity index (χ0v) is 26.6. The van der Waals surface area contributed by atoms with Gasteiger partial charge in [0.25, 0.3) is 0 Å². The van der Waals surface area contributed by atoms with Crippen molar-refractivity contribution in [2.45, 2.75) is 56.6 Å². The number of hydrogen-bond acceptors (Lipinski definition) is 10. The Labute approximate surface area is 270 Å². The first-order valence-corrected chi connectivity index (χ1v) is 16.4. The molecule has 8 rings (SSSR count). The number of aromatic amines is 1. The van der Waals surface area contributed by atoms with Crippen LogP contribution in [0.5, 0.6) is 6.01 Å². The van der Waals surface area contributed by atoms with Gasteiger partial charge in [0.1, 0.15) is 29.0 Å². The molecule has 3 aliphatic rings. The first kappa shape index (κ1) is 30.7. The first-order chi connectivity index (χ1) is 22.4. The number of hydrogen-bond donors (Lipinski definition) is 2. The zero-order chi connectivity index (χ0) is 32.7. The number of pyridine rings is 1. The summed E-state index contributed by atoms with van der Waals surface area (Å²) in [6, 6.07) is 3.29. The third kappa shape index (κ3) is 5.18. The molecule has 0 saturated carbocycles. The topological polar surface area (TPSA) is 113 Å². The third-order valence-electron chi connectivity index (χ3n) is 9.65. The molecule has 3 saturated heterocycles. The number of H-pyrrole nitrogens is 1. The number of nitrogens with zero attached hydrogens (tertiary/aromatic N) is 6. The summed E-state index contributed by atoms with van der Waals surface area (Å²) in [6.07, 6.45) is -0.535. The maximum absolute atomic E-state index is 14.7. The summed E-state index contributed by atoms with van der Waals surface area (Å²) in [6.45, 7) is 5.59. The lowest BCUT2D eigenvalue weighted by Gasteiger charge is -2.31. The quantitative estimate of drug-likeness (QED) is 0.229. The summed E-state index contributed by atoms with van der Waals surface area (Å²) in [7, 11) is 0. The van der Waals surface area contributed by atoms with Gasteiger partial charge in [-0.2, -0.15) is 28.2 Å². The number of anilines is 1. The van der Waals surface area contributed by atoms with Crippen molar-refractivity contribution >= 4 is 48.4 Å². The van der Waals surface area contributed by atoms with Crippen LogP contribution < -0.4 is 9.64 Å². The van der Waals surface area contributed by atoms with Gasteiger partial charge in [-0.25, -0.2) is 4.39 Å². The molecule has 2 N–H and O–H groups in total. The Bertz CT molecular complexity index is 2010. The predicted molar refractivity (Wildman–Crippen MR) is 170 cm³/mol. The van der Waals surface area contributed by atoms with Crippen LogP contribution in [0.3, 0.4) is 0 Å². The zero-order valence-electron chi connectivity index (χ0n) is 25.8. The summed E-state index contributed by atoms with van der Waals surface area (Å²) >= 11 is 1.21. The molecule has 0 aliphatic carbocycles. The van der Waals surface area contributed by atoms with Gasteiger partial charge in [-0.15, -0.1) is 11.3 Å². The van der Waals surface area contributed by atoms with E-state index in [-0.39, 0.29) is 42.6 Å². The SMILES string of the molecule is Cc1cc2[nH]ncc2c(-c2nccc3c2sc2nc(OC[C@@]45CCCN4C[C@H](F)C5)nc(N4CCOC[C@@](C)(O)C4)c23)c1C(F)(F)F. The number of β-amino-alcohol motifs (C(OH)–C–C–N with tert-alkyl or cyclic N) is 1. The molecular weight excluding hydrogens is 638 g/mol. The highest BCUT2D eigenvalue weighted by molar-refractivity contribution is 7.26. The van der Waals surface area contributed by atoms with E-state index in [0.717, 1.165) is 19.4 Å². The minimum Gasteiger partial charge on any atom is -0.461 e. The highest BCUT2D eigenvalue weighted by Gasteiger charge is 2.49. The molecule has 5 aromatic rings. The lowest BCUT2D eigenvalue weighted by Crippen LogP contribution is -2.43. The average Bonchev–Trinajstić information content (AvgIpc) is 3.75. The number of rotatable bonds is 5. The normalized spacial score (nSPS) is 25.7. The van der Waals surface area contributed by atoms with Crippen LogP contribution in [-0.4, -0.2) is 98.5 Å². The van der Waals surface area contributed by atoms with Crippen molar-refractivity contribution in [3.05, 3.63) is 35.7 Å². The minimum absolute atomic E-state index is 0.0508. The van der Waals surface area contributed by atoms with Crippen LogP contribution in [0.1, 0.15) is 37.3 Å². The molecule has 3 atom stereocenters. The number of nitrogens with one attached hydrogen (secondary N) is 1. The molecule has 10 nitrogen and oxygen atoms in total. The van der Waals surface area contributed by atoms with E-state index in [0.29, 0.717) is 63.1 Å². The van der Waals surface area contributed by atoms with Crippen LogP contribution in [0.15, 0.2) is 24.5 Å². The number of fused-ring (bicyclic) bond motifs is 5. The Morgan fingerprint density at radius 2 is 2.09 bits per heavy atom. The fraction of sp³-hybridized carbons (Fsp3) is 0.500. The number of aliphatic hydroxyl groups is 1. The molecule has 4 aromatic heterocycles. The summed E-state index contributed by atoms with van der Waals surface area (Å²) in [4.78, 5) is 18.7. The molecule has 47 heavy (non-hydrogen) atoms. The summed E-state index contributed by atoms with van der Waals surface area (Å²) in [5.74, 6) is 0.475. The van der Waals surface area contributed by atoms with Crippen LogP contribution in [0.4, 0.5) is 23.4 Å². The van der Waals surface area contributed by atoms with Gasteiger partial charge in [0.15, 0.2) is 0 Å². The summed E-state index contributed by atoms with van der Waals surface area (Å²) in [5.41, 5.74) is -1.77. The van der Waals surface area contributed by atoms with E-state index in [1.165, 1.54) is 36.7 Å². The number of thiophene rings is 1. The molecular formula is C32H33F4N7O3S. The van der Waals surface area contributed by atoms with E-state index in [1.807, 2.05) is 4.90 Å². The van der Waals surface area contributed by atoms with Gasteiger partial charge in [-0.1, -0.05) is 0 Å². The van der Waals surface area contributed by atoms with Crippen LogP contribution in [0.2, 0.25) is 0 Å². The van der Waals surface area contributed by atoms with Crippen LogP contribution >= 0.6 is 11.3 Å². The molecule has 0 radical (unpaired) electrons. The van der Waals surface area contributed by atoms with Crippen LogP contribution in [-0.2, 0) is 10.9 Å². The van der Waals surface area contributed by atoms with Crippen molar-refractivity contribution in [1.29, 1.82) is 0 Å². The second-order valence-electron chi connectivity index (χ2n) is 13.3. The van der Waals surface area contributed by atoms with Crippen molar-refractivity contribution in [1.82, 2.24) is 30.0 Å². The molecule has 0 bridgehead atoms. The van der Waals surface area contributed by atoms with Gasteiger partial charge in [0, 0.05) is 42.0 Å². The van der Waals surface area contributed by atoms with Crippen LogP contribution in [0.25, 0.3) is 42.5 Å². The molecule has 0 spiro atoms. The van der Waals surface area contributed by atoms with Gasteiger partial charge in [-0.3, -0.25) is 15.0 Å². The molecule has 15 heteroatoms. The fourth-order valence-corrected chi connectivity index (χ4v) is 8.86. The van der Waals surface area contributed by atoms with E-state index in [1.54, 1.807) is 13.0 Å². The molecule has 0 amide bonds. The van der Waals surface area contributed by atoms with Gasteiger partial charge in [0.2, 0.25) is 0 Å². The average molecular weight is 672 g/mol. The van der Waals surface area contributed by atoms with Crippen molar-refractivity contribution in [2.24, 2.45) is 0 Å². The van der Waals surface area contributed by atoms with Crippen molar-refractivity contribution in [3.8, 4) is 17.3 Å². The molecule has 3 aliphatic heterocycles. The number of halogens is 4. The number of ether oxygens (including phenoxy) is 2. The number of alkyl halides is 4. The number of aromatic nitrogens is 5. The molecule has 3 fully saturated rings. The standard InChI is InChI=1S/C32H33F4N7O3S/c1-17-10-21-20(12-38-41-21)22(24(17)32(34,35)36)25-26-19(4-6-37-25)23-27(42-8-9-45-15-30(2,44)14-42)39-29(40-28(23)47-26)46-16-31-5-3-7-43(31)13-18(33)11-31/h4,6,10,12,18,44H,3,5,7-9,11,13-16H2,1-2H3,(H,38,41)/t18-,30+,31+/m1/s1.